The van der Waals surface area contributed by atoms with E-state index in [1.54, 1.807) is 45.0 Å². The smallest absolute Gasteiger partial charge is 0.351 e. The highest BCUT2D eigenvalue weighted by molar-refractivity contribution is 5.89. The molecule has 1 N–H and O–H groups in total. The first-order chi connectivity index (χ1) is 13.7. The lowest BCUT2D eigenvalue weighted by Crippen LogP contribution is -2.39. The molecule has 0 spiro atoms. The molecule has 0 aliphatic heterocycles. The third-order valence-electron chi connectivity index (χ3n) is 3.92. The predicted molar refractivity (Wildman–Crippen MR) is 106 cm³/mol. The van der Waals surface area contributed by atoms with E-state index in [4.69, 9.17) is 14.2 Å². The van der Waals surface area contributed by atoms with Crippen LogP contribution in [0.3, 0.4) is 0 Å². The van der Waals surface area contributed by atoms with Crippen LogP contribution in [-0.2, 0) is 14.3 Å². The van der Waals surface area contributed by atoms with Gasteiger partial charge >= 0.3 is 11.9 Å². The van der Waals surface area contributed by atoms with Gasteiger partial charge in [0.25, 0.3) is 0 Å². The van der Waals surface area contributed by atoms with Crippen LogP contribution in [0.4, 0.5) is 0 Å². The highest BCUT2D eigenvalue weighted by Crippen LogP contribution is 2.31. The molecule has 0 fully saturated rings. The van der Waals surface area contributed by atoms with Crippen molar-refractivity contribution in [2.24, 2.45) is 0 Å². The first-order valence-electron chi connectivity index (χ1n) is 9.05. The Morgan fingerprint density at radius 2 is 1.52 bits per heavy atom. The second kappa shape index (κ2) is 9.43. The molecular formula is C22H26O7. The molecule has 0 aliphatic rings. The fourth-order valence-electron chi connectivity index (χ4n) is 2.56. The van der Waals surface area contributed by atoms with E-state index in [-0.39, 0.29) is 5.75 Å². The summed E-state index contributed by atoms with van der Waals surface area (Å²) in [6.45, 7) is 5.17. The molecule has 29 heavy (non-hydrogen) atoms. The number of methoxy groups -OCH3 is 2. The summed E-state index contributed by atoms with van der Waals surface area (Å²) >= 11 is 0. The minimum Gasteiger partial charge on any atom is -0.493 e. The summed E-state index contributed by atoms with van der Waals surface area (Å²) in [7, 11) is 2.76. The topological polar surface area (TPSA) is 91.3 Å². The van der Waals surface area contributed by atoms with Crippen LogP contribution >= 0.6 is 0 Å². The Morgan fingerprint density at radius 1 is 0.931 bits per heavy atom. The van der Waals surface area contributed by atoms with Crippen LogP contribution < -0.4 is 9.47 Å². The molecule has 0 amide bonds. The van der Waals surface area contributed by atoms with Gasteiger partial charge in [-0.25, -0.2) is 9.59 Å². The van der Waals surface area contributed by atoms with E-state index in [9.17, 15) is 14.7 Å². The molecule has 0 aliphatic carbocycles. The van der Waals surface area contributed by atoms with Crippen molar-refractivity contribution in [2.75, 3.05) is 14.2 Å². The van der Waals surface area contributed by atoms with E-state index in [0.717, 1.165) is 0 Å². The maximum atomic E-state index is 12.8. The van der Waals surface area contributed by atoms with Crippen LogP contribution in [0.25, 0.3) is 0 Å². The Kier molecular flexibility index (Phi) is 7.23. The highest BCUT2D eigenvalue weighted by Gasteiger charge is 2.35. The average Bonchev–Trinajstić information content (AvgIpc) is 2.70. The molecule has 2 rings (SSSR count). The standard InChI is InChI=1S/C22H26O7/c1-22(2,3)29-21(25)19(28-17-9-7-6-8-16(17)26-4)18(23)14-10-12-15(13-11-14)20(24)27-5/h6-13,18-19,23H,1-5H3/t18-,19-/m1/s1. The number of carbonyl (C=O) groups excluding carboxylic acids is 2. The van der Waals surface area contributed by atoms with Gasteiger partial charge in [-0.3, -0.25) is 0 Å². The second-order valence-corrected chi connectivity index (χ2v) is 7.28. The lowest BCUT2D eigenvalue weighted by molar-refractivity contribution is -0.169. The van der Waals surface area contributed by atoms with Gasteiger partial charge in [0.1, 0.15) is 11.7 Å². The first kappa shape index (κ1) is 22.2. The monoisotopic (exact) mass is 402 g/mol. The number of benzene rings is 2. The van der Waals surface area contributed by atoms with Crippen molar-refractivity contribution in [3.63, 3.8) is 0 Å². The molecule has 0 saturated heterocycles. The number of carbonyl (C=O) groups is 2. The summed E-state index contributed by atoms with van der Waals surface area (Å²) in [5, 5.41) is 10.9. The number of hydrogen-bond acceptors (Lipinski definition) is 7. The van der Waals surface area contributed by atoms with Gasteiger partial charge in [-0.05, 0) is 50.6 Å². The summed E-state index contributed by atoms with van der Waals surface area (Å²) in [5.41, 5.74) is -0.0696. The van der Waals surface area contributed by atoms with Gasteiger partial charge in [-0.2, -0.15) is 0 Å². The average molecular weight is 402 g/mol. The maximum Gasteiger partial charge on any atom is 0.351 e. The molecule has 156 valence electrons. The predicted octanol–water partition coefficient (Wildman–Crippen LogP) is 3.30. The van der Waals surface area contributed by atoms with Crippen LogP contribution in [0.2, 0.25) is 0 Å². The molecule has 0 heterocycles. The first-order valence-corrected chi connectivity index (χ1v) is 9.05. The summed E-state index contributed by atoms with van der Waals surface area (Å²) in [6, 6.07) is 12.8. The van der Waals surface area contributed by atoms with Gasteiger partial charge in [-0.15, -0.1) is 0 Å². The summed E-state index contributed by atoms with van der Waals surface area (Å²) in [6.07, 6.45) is -2.70. The molecule has 0 unspecified atom stereocenters. The van der Waals surface area contributed by atoms with E-state index in [0.29, 0.717) is 16.9 Å². The quantitative estimate of drug-likeness (QED) is 0.711. The molecule has 2 aromatic carbocycles. The molecule has 0 aromatic heterocycles. The molecule has 7 nitrogen and oxygen atoms in total. The van der Waals surface area contributed by atoms with Gasteiger partial charge < -0.3 is 24.1 Å². The van der Waals surface area contributed by atoms with E-state index in [1.807, 2.05) is 0 Å². The summed E-state index contributed by atoms with van der Waals surface area (Å²) < 4.78 is 21.2. The summed E-state index contributed by atoms with van der Waals surface area (Å²) in [5.74, 6) is -0.529. The van der Waals surface area contributed by atoms with Crippen molar-refractivity contribution in [1.29, 1.82) is 0 Å². The number of aliphatic hydroxyl groups excluding tert-OH is 1. The number of aliphatic hydroxyl groups is 1. The Bertz CT molecular complexity index is 837. The lowest BCUT2D eigenvalue weighted by atomic mass is 10.0. The van der Waals surface area contributed by atoms with Crippen molar-refractivity contribution in [2.45, 2.75) is 38.6 Å². The molecular weight excluding hydrogens is 376 g/mol. The Balaban J connectivity index is 2.35. The Labute approximate surface area is 170 Å². The third-order valence-corrected chi connectivity index (χ3v) is 3.92. The van der Waals surface area contributed by atoms with Crippen molar-refractivity contribution in [3.05, 3.63) is 59.7 Å². The lowest BCUT2D eigenvalue weighted by Gasteiger charge is -2.27. The van der Waals surface area contributed by atoms with Gasteiger partial charge in [0.05, 0.1) is 19.8 Å². The summed E-state index contributed by atoms with van der Waals surface area (Å²) in [4.78, 5) is 24.4. The second-order valence-electron chi connectivity index (χ2n) is 7.28. The number of ether oxygens (including phenoxy) is 4. The largest absolute Gasteiger partial charge is 0.493 e. The normalized spacial score (nSPS) is 13.2. The van der Waals surface area contributed by atoms with Crippen LogP contribution in [0.5, 0.6) is 11.5 Å². The van der Waals surface area contributed by atoms with E-state index < -0.39 is 29.7 Å². The van der Waals surface area contributed by atoms with Crippen LogP contribution in [0.1, 0.15) is 42.8 Å². The van der Waals surface area contributed by atoms with Crippen LogP contribution in [-0.4, -0.2) is 43.0 Å². The SMILES string of the molecule is COC(=O)c1ccc([C@@H](O)[C@@H](Oc2ccccc2OC)C(=O)OC(C)(C)C)cc1. The molecule has 0 radical (unpaired) electrons. The van der Waals surface area contributed by atoms with Crippen molar-refractivity contribution in [3.8, 4) is 11.5 Å². The molecule has 2 atom stereocenters. The van der Waals surface area contributed by atoms with Gasteiger partial charge in [0.15, 0.2) is 11.5 Å². The van der Waals surface area contributed by atoms with Gasteiger partial charge in [0.2, 0.25) is 6.10 Å². The molecule has 2 aromatic rings. The van der Waals surface area contributed by atoms with Crippen LogP contribution in [0, 0.1) is 0 Å². The van der Waals surface area contributed by atoms with Gasteiger partial charge in [0, 0.05) is 0 Å². The third kappa shape index (κ3) is 5.96. The number of hydrogen-bond donors (Lipinski definition) is 1. The van der Waals surface area contributed by atoms with E-state index in [2.05, 4.69) is 4.74 Å². The fraction of sp³-hybridized carbons (Fsp3) is 0.364. The van der Waals surface area contributed by atoms with Crippen molar-refractivity contribution >= 4 is 11.9 Å². The fourth-order valence-corrected chi connectivity index (χ4v) is 2.56. The number of para-hydroxylation sites is 2. The zero-order chi connectivity index (χ0) is 21.6. The van der Waals surface area contributed by atoms with Crippen molar-refractivity contribution in [1.82, 2.24) is 0 Å². The molecule has 7 heteroatoms. The van der Waals surface area contributed by atoms with E-state index in [1.165, 1.54) is 38.5 Å². The van der Waals surface area contributed by atoms with Crippen molar-refractivity contribution < 1.29 is 33.6 Å². The van der Waals surface area contributed by atoms with E-state index >= 15 is 0 Å². The zero-order valence-electron chi connectivity index (χ0n) is 17.2. The Hall–Kier alpha value is -3.06. The maximum absolute atomic E-state index is 12.8. The zero-order valence-corrected chi connectivity index (χ0v) is 17.2. The highest BCUT2D eigenvalue weighted by atomic mass is 16.6. The van der Waals surface area contributed by atoms with Gasteiger partial charge in [-0.1, -0.05) is 24.3 Å². The number of esters is 2. The molecule has 0 saturated carbocycles. The minimum absolute atomic E-state index is 0.288. The number of rotatable bonds is 7. The van der Waals surface area contributed by atoms with Crippen LogP contribution in [0.15, 0.2) is 48.5 Å². The minimum atomic E-state index is -1.35. The Morgan fingerprint density at radius 3 is 2.03 bits per heavy atom. The molecule has 0 bridgehead atoms.